The van der Waals surface area contributed by atoms with Gasteiger partial charge in [0.25, 0.3) is 0 Å². The van der Waals surface area contributed by atoms with Gasteiger partial charge in [-0.2, -0.15) is 5.10 Å². The predicted octanol–water partition coefficient (Wildman–Crippen LogP) is 3.47. The third-order valence-electron chi connectivity index (χ3n) is 4.09. The molecule has 2 heterocycles. The molecule has 1 N–H and O–H groups in total. The fourth-order valence-electron chi connectivity index (χ4n) is 2.64. The molecule has 5 nitrogen and oxygen atoms in total. The molecule has 0 aliphatic carbocycles. The number of hydrogen-bond donors (Lipinski definition) is 1. The first-order chi connectivity index (χ1) is 9.95. The summed E-state index contributed by atoms with van der Waals surface area (Å²) in [5.74, 6) is 1.34. The van der Waals surface area contributed by atoms with Crippen molar-refractivity contribution in [2.75, 3.05) is 7.11 Å². The van der Waals surface area contributed by atoms with E-state index in [1.165, 1.54) is 0 Å². The Kier molecular flexibility index (Phi) is 2.93. The summed E-state index contributed by atoms with van der Waals surface area (Å²) >= 11 is 0. The minimum absolute atomic E-state index is 0.212. The van der Waals surface area contributed by atoms with Crippen molar-refractivity contribution in [2.45, 2.75) is 20.8 Å². The number of aromatic hydroxyl groups is 1. The average molecular weight is 286 g/mol. The number of fused-ring (bicyclic) bond motifs is 1. The molecule has 0 unspecified atom stereocenters. The van der Waals surface area contributed by atoms with Crippen molar-refractivity contribution in [2.24, 2.45) is 7.05 Å². The van der Waals surface area contributed by atoms with Crippen molar-refractivity contribution in [3.8, 4) is 22.8 Å². The molecule has 0 spiro atoms. The zero-order valence-electron chi connectivity index (χ0n) is 12.8. The number of phenolic OH excluding ortho intramolecular Hbond substituents is 1. The molecule has 0 atom stereocenters. The molecule has 3 rings (SSSR count). The Balaban J connectivity index is 2.43. The third kappa shape index (κ3) is 1.81. The van der Waals surface area contributed by atoms with Crippen molar-refractivity contribution >= 4 is 11.0 Å². The van der Waals surface area contributed by atoms with Gasteiger partial charge in [0.1, 0.15) is 16.7 Å². The molecule has 2 aromatic heterocycles. The topological polar surface area (TPSA) is 60.4 Å². The zero-order chi connectivity index (χ0) is 15.3. The van der Waals surface area contributed by atoms with Gasteiger partial charge in [0.2, 0.25) is 0 Å². The van der Waals surface area contributed by atoms with E-state index in [-0.39, 0.29) is 5.75 Å². The van der Waals surface area contributed by atoms with Gasteiger partial charge < -0.3 is 14.3 Å². The first-order valence-corrected chi connectivity index (χ1v) is 6.74. The molecule has 1 aromatic carbocycles. The predicted molar refractivity (Wildman–Crippen MR) is 80.8 cm³/mol. The van der Waals surface area contributed by atoms with E-state index in [9.17, 15) is 5.11 Å². The molecule has 0 amide bonds. The third-order valence-corrected chi connectivity index (χ3v) is 4.09. The second kappa shape index (κ2) is 4.55. The molecule has 0 radical (unpaired) electrons. The summed E-state index contributed by atoms with van der Waals surface area (Å²) in [7, 11) is 3.42. The van der Waals surface area contributed by atoms with E-state index in [1.54, 1.807) is 18.0 Å². The van der Waals surface area contributed by atoms with Crippen LogP contribution in [0.1, 0.15) is 16.7 Å². The summed E-state index contributed by atoms with van der Waals surface area (Å²) in [5, 5.41) is 15.3. The van der Waals surface area contributed by atoms with E-state index >= 15 is 0 Å². The lowest BCUT2D eigenvalue weighted by Crippen LogP contribution is -1.90. The van der Waals surface area contributed by atoms with Crippen LogP contribution in [0.25, 0.3) is 22.3 Å². The Hall–Kier alpha value is -2.43. The van der Waals surface area contributed by atoms with E-state index in [0.29, 0.717) is 22.5 Å². The highest BCUT2D eigenvalue weighted by atomic mass is 16.5. The van der Waals surface area contributed by atoms with Crippen molar-refractivity contribution in [1.29, 1.82) is 0 Å². The van der Waals surface area contributed by atoms with Crippen LogP contribution in [0.15, 0.2) is 16.8 Å². The summed E-state index contributed by atoms with van der Waals surface area (Å²) in [4.78, 5) is 0. The number of aromatic nitrogens is 2. The summed E-state index contributed by atoms with van der Waals surface area (Å²) in [5.41, 5.74) is 4.35. The Labute approximate surface area is 122 Å². The Morgan fingerprint density at radius 1 is 1.19 bits per heavy atom. The molecule has 3 aromatic rings. The lowest BCUT2D eigenvalue weighted by atomic mass is 9.99. The van der Waals surface area contributed by atoms with Gasteiger partial charge in [0.05, 0.1) is 18.9 Å². The molecule has 21 heavy (non-hydrogen) atoms. The van der Waals surface area contributed by atoms with Crippen LogP contribution in [0.3, 0.4) is 0 Å². The van der Waals surface area contributed by atoms with Crippen molar-refractivity contribution in [1.82, 2.24) is 9.78 Å². The first-order valence-electron chi connectivity index (χ1n) is 6.74. The molecule has 110 valence electrons. The highest BCUT2D eigenvalue weighted by Crippen LogP contribution is 2.47. The molecule has 5 heteroatoms. The largest absolute Gasteiger partial charge is 0.507 e. The minimum atomic E-state index is 0.212. The SMILES string of the molecule is COc1c(-c2cnn(C)c2)oc2c(C)c(C)c(C)c(O)c12. The van der Waals surface area contributed by atoms with Gasteiger partial charge in [0, 0.05) is 13.2 Å². The van der Waals surface area contributed by atoms with Crippen LogP contribution in [0.4, 0.5) is 0 Å². The smallest absolute Gasteiger partial charge is 0.180 e. The van der Waals surface area contributed by atoms with E-state index < -0.39 is 0 Å². The average Bonchev–Trinajstić information content (AvgIpc) is 3.05. The highest BCUT2D eigenvalue weighted by molar-refractivity contribution is 5.99. The fraction of sp³-hybridized carbons (Fsp3) is 0.312. The summed E-state index contributed by atoms with van der Waals surface area (Å²) < 4.78 is 13.2. The Bertz CT molecular complexity index is 843. The van der Waals surface area contributed by atoms with Crippen LogP contribution in [0.2, 0.25) is 0 Å². The monoisotopic (exact) mass is 286 g/mol. The van der Waals surface area contributed by atoms with Crippen LogP contribution < -0.4 is 4.74 Å². The zero-order valence-corrected chi connectivity index (χ0v) is 12.8. The molecule has 0 saturated heterocycles. The maximum atomic E-state index is 10.5. The van der Waals surface area contributed by atoms with Gasteiger partial charge in [0.15, 0.2) is 11.5 Å². The molecular weight excluding hydrogens is 268 g/mol. The molecule has 0 bridgehead atoms. The molecular formula is C16H18N2O3. The van der Waals surface area contributed by atoms with E-state index in [4.69, 9.17) is 9.15 Å². The number of hydrogen-bond acceptors (Lipinski definition) is 4. The molecule has 0 aliphatic heterocycles. The Morgan fingerprint density at radius 2 is 1.90 bits per heavy atom. The van der Waals surface area contributed by atoms with Gasteiger partial charge in [-0.05, 0) is 37.5 Å². The lowest BCUT2D eigenvalue weighted by molar-refractivity contribution is 0.411. The number of methoxy groups -OCH3 is 1. The van der Waals surface area contributed by atoms with E-state index in [2.05, 4.69) is 5.10 Å². The number of rotatable bonds is 2. The number of nitrogens with zero attached hydrogens (tertiary/aromatic N) is 2. The van der Waals surface area contributed by atoms with E-state index in [1.807, 2.05) is 34.0 Å². The van der Waals surface area contributed by atoms with Crippen molar-refractivity contribution in [3.63, 3.8) is 0 Å². The maximum absolute atomic E-state index is 10.5. The highest BCUT2D eigenvalue weighted by Gasteiger charge is 2.24. The number of phenols is 1. The Morgan fingerprint density at radius 3 is 2.48 bits per heavy atom. The molecule has 0 aliphatic rings. The normalized spacial score (nSPS) is 11.3. The number of benzene rings is 1. The van der Waals surface area contributed by atoms with Crippen LogP contribution in [-0.4, -0.2) is 22.0 Å². The van der Waals surface area contributed by atoms with Gasteiger partial charge in [-0.15, -0.1) is 0 Å². The quantitative estimate of drug-likeness (QED) is 0.783. The number of ether oxygens (including phenoxy) is 1. The standard InChI is InChI=1S/C16H18N2O3/c1-8-9(2)13(19)12-14(10(8)3)21-15(16(12)20-5)11-6-17-18(4)7-11/h6-7,19H,1-5H3. The van der Waals surface area contributed by atoms with Gasteiger partial charge in [-0.1, -0.05) is 0 Å². The van der Waals surface area contributed by atoms with E-state index in [0.717, 1.165) is 22.3 Å². The van der Waals surface area contributed by atoms with Crippen molar-refractivity contribution in [3.05, 3.63) is 29.1 Å². The van der Waals surface area contributed by atoms with Crippen LogP contribution in [-0.2, 0) is 7.05 Å². The van der Waals surface area contributed by atoms with Crippen LogP contribution in [0.5, 0.6) is 11.5 Å². The van der Waals surface area contributed by atoms with Crippen LogP contribution in [0, 0.1) is 20.8 Å². The maximum Gasteiger partial charge on any atom is 0.180 e. The molecule has 0 fully saturated rings. The minimum Gasteiger partial charge on any atom is -0.507 e. The second-order valence-electron chi connectivity index (χ2n) is 5.29. The van der Waals surface area contributed by atoms with Gasteiger partial charge in [-0.3, -0.25) is 4.68 Å². The second-order valence-corrected chi connectivity index (χ2v) is 5.29. The number of furan rings is 1. The molecule has 0 saturated carbocycles. The van der Waals surface area contributed by atoms with Crippen molar-refractivity contribution < 1.29 is 14.3 Å². The number of aryl methyl sites for hydroxylation is 2. The fourth-order valence-corrected chi connectivity index (χ4v) is 2.64. The van der Waals surface area contributed by atoms with Gasteiger partial charge >= 0.3 is 0 Å². The first kappa shape index (κ1) is 13.5. The van der Waals surface area contributed by atoms with Crippen LogP contribution >= 0.6 is 0 Å². The summed E-state index contributed by atoms with van der Waals surface area (Å²) in [6.45, 7) is 5.86. The lowest BCUT2D eigenvalue weighted by Gasteiger charge is -2.08. The summed E-state index contributed by atoms with van der Waals surface area (Å²) in [6, 6.07) is 0. The summed E-state index contributed by atoms with van der Waals surface area (Å²) in [6.07, 6.45) is 3.57. The van der Waals surface area contributed by atoms with Gasteiger partial charge in [-0.25, -0.2) is 0 Å².